The van der Waals surface area contributed by atoms with Gasteiger partial charge in [-0.05, 0) is 52.7 Å². The third-order valence-corrected chi connectivity index (χ3v) is 2.37. The predicted octanol–water partition coefficient (Wildman–Crippen LogP) is 3.46. The van der Waals surface area contributed by atoms with E-state index in [0.29, 0.717) is 0 Å². The number of nitrogens with one attached hydrogen (secondary N) is 2. The van der Waals surface area contributed by atoms with Crippen LogP contribution in [0.3, 0.4) is 0 Å². The molecule has 0 aliphatic carbocycles. The first kappa shape index (κ1) is 14.4. The molecule has 1 aromatic rings. The van der Waals surface area contributed by atoms with E-state index in [2.05, 4.69) is 23.0 Å². The molecule has 100 valence electrons. The first-order chi connectivity index (χ1) is 8.19. The normalized spacial score (nSPS) is 11.0. The van der Waals surface area contributed by atoms with Gasteiger partial charge in [-0.1, -0.05) is 17.7 Å². The molecule has 4 nitrogen and oxygen atoms in total. The highest BCUT2D eigenvalue weighted by Crippen LogP contribution is 2.21. The molecule has 0 aromatic heterocycles. The summed E-state index contributed by atoms with van der Waals surface area (Å²) >= 11 is 0. The van der Waals surface area contributed by atoms with Gasteiger partial charge in [0.2, 0.25) is 0 Å². The zero-order valence-corrected chi connectivity index (χ0v) is 12.0. The molecular weight excluding hydrogens is 228 g/mol. The van der Waals surface area contributed by atoms with Gasteiger partial charge in [-0.25, -0.2) is 10.2 Å². The van der Waals surface area contributed by atoms with Gasteiger partial charge in [-0.15, -0.1) is 0 Å². The Balaban J connectivity index is 2.67. The van der Waals surface area contributed by atoms with E-state index in [1.807, 2.05) is 41.5 Å². The molecule has 2 N–H and O–H groups in total. The standard InChI is InChI=1S/C14H22N2O2/c1-9-7-10(2)12(11(3)8-9)15-16-13(17)18-14(4,5)6/h7-8,15H,1-6H3,(H,16,17). The molecule has 0 fully saturated rings. The predicted molar refractivity (Wildman–Crippen MR) is 73.6 cm³/mol. The second kappa shape index (κ2) is 5.29. The minimum atomic E-state index is -0.497. The zero-order chi connectivity index (χ0) is 13.9. The maximum atomic E-state index is 11.5. The fraction of sp³-hybridized carbons (Fsp3) is 0.500. The van der Waals surface area contributed by atoms with Gasteiger partial charge in [0.1, 0.15) is 5.60 Å². The van der Waals surface area contributed by atoms with Gasteiger partial charge in [0.25, 0.3) is 0 Å². The third kappa shape index (κ3) is 4.28. The molecule has 1 amide bonds. The van der Waals surface area contributed by atoms with Gasteiger partial charge in [0.05, 0.1) is 5.69 Å². The van der Waals surface area contributed by atoms with Crippen molar-refractivity contribution < 1.29 is 9.53 Å². The molecule has 1 rings (SSSR count). The molecule has 0 heterocycles. The van der Waals surface area contributed by atoms with Crippen molar-refractivity contribution >= 4 is 11.8 Å². The summed E-state index contributed by atoms with van der Waals surface area (Å²) in [6.45, 7) is 11.5. The van der Waals surface area contributed by atoms with Crippen molar-refractivity contribution in [1.29, 1.82) is 0 Å². The Morgan fingerprint density at radius 3 is 2.06 bits per heavy atom. The van der Waals surface area contributed by atoms with Crippen LogP contribution in [0.5, 0.6) is 0 Å². The maximum absolute atomic E-state index is 11.5. The Kier molecular flexibility index (Phi) is 4.22. The van der Waals surface area contributed by atoms with Crippen LogP contribution in [0.15, 0.2) is 12.1 Å². The zero-order valence-electron chi connectivity index (χ0n) is 12.0. The van der Waals surface area contributed by atoms with E-state index in [1.165, 1.54) is 5.56 Å². The lowest BCUT2D eigenvalue weighted by atomic mass is 10.1. The number of ether oxygens (including phenoxy) is 1. The van der Waals surface area contributed by atoms with Crippen LogP contribution in [0.25, 0.3) is 0 Å². The van der Waals surface area contributed by atoms with Gasteiger partial charge in [0, 0.05) is 0 Å². The average Bonchev–Trinajstić information content (AvgIpc) is 2.12. The van der Waals surface area contributed by atoms with Crippen LogP contribution in [0.4, 0.5) is 10.5 Å². The highest BCUT2D eigenvalue weighted by molar-refractivity contribution is 5.71. The second-order valence-corrected chi connectivity index (χ2v) is 5.53. The molecule has 0 aliphatic rings. The van der Waals surface area contributed by atoms with E-state index in [0.717, 1.165) is 16.8 Å². The van der Waals surface area contributed by atoms with Gasteiger partial charge in [-0.2, -0.15) is 0 Å². The molecule has 0 saturated carbocycles. The maximum Gasteiger partial charge on any atom is 0.426 e. The lowest BCUT2D eigenvalue weighted by Crippen LogP contribution is -2.36. The van der Waals surface area contributed by atoms with Gasteiger partial charge in [0.15, 0.2) is 0 Å². The summed E-state index contributed by atoms with van der Waals surface area (Å²) in [4.78, 5) is 11.5. The molecule has 0 unspecified atom stereocenters. The Morgan fingerprint density at radius 2 is 1.61 bits per heavy atom. The number of hydrogen-bond acceptors (Lipinski definition) is 3. The van der Waals surface area contributed by atoms with Gasteiger partial charge in [-0.3, -0.25) is 5.43 Å². The van der Waals surface area contributed by atoms with E-state index in [-0.39, 0.29) is 0 Å². The van der Waals surface area contributed by atoms with Crippen molar-refractivity contribution in [3.8, 4) is 0 Å². The number of aryl methyl sites for hydroxylation is 3. The van der Waals surface area contributed by atoms with Crippen LogP contribution in [-0.4, -0.2) is 11.7 Å². The highest BCUT2D eigenvalue weighted by atomic mass is 16.6. The molecule has 0 spiro atoms. The van der Waals surface area contributed by atoms with E-state index < -0.39 is 11.7 Å². The molecule has 0 aliphatic heterocycles. The summed E-state index contributed by atoms with van der Waals surface area (Å²) in [7, 11) is 0. The fourth-order valence-corrected chi connectivity index (χ4v) is 1.79. The first-order valence-electron chi connectivity index (χ1n) is 6.02. The van der Waals surface area contributed by atoms with E-state index in [1.54, 1.807) is 0 Å². The van der Waals surface area contributed by atoms with Crippen molar-refractivity contribution in [2.45, 2.75) is 47.1 Å². The number of amides is 1. The largest absolute Gasteiger partial charge is 0.443 e. The number of rotatable bonds is 2. The SMILES string of the molecule is Cc1cc(C)c(NNC(=O)OC(C)(C)C)c(C)c1. The summed E-state index contributed by atoms with van der Waals surface area (Å²) in [5.74, 6) is 0. The molecule has 0 radical (unpaired) electrons. The molecule has 0 bridgehead atoms. The van der Waals surface area contributed by atoms with E-state index in [4.69, 9.17) is 4.74 Å². The molecule has 4 heteroatoms. The molecule has 1 aromatic carbocycles. The quantitative estimate of drug-likeness (QED) is 0.790. The van der Waals surface area contributed by atoms with Crippen molar-refractivity contribution in [3.05, 3.63) is 28.8 Å². The monoisotopic (exact) mass is 250 g/mol. The number of carbonyl (C=O) groups is 1. The van der Waals surface area contributed by atoms with Crippen LogP contribution < -0.4 is 10.9 Å². The summed E-state index contributed by atoms with van der Waals surface area (Å²) < 4.78 is 5.15. The lowest BCUT2D eigenvalue weighted by Gasteiger charge is -2.21. The minimum absolute atomic E-state index is 0.484. The topological polar surface area (TPSA) is 50.4 Å². The average molecular weight is 250 g/mol. The molecule has 0 atom stereocenters. The molecule has 0 saturated heterocycles. The van der Waals surface area contributed by atoms with Crippen molar-refractivity contribution in [2.24, 2.45) is 0 Å². The first-order valence-corrected chi connectivity index (χ1v) is 6.02. The van der Waals surface area contributed by atoms with Gasteiger partial charge >= 0.3 is 6.09 Å². The van der Waals surface area contributed by atoms with Crippen LogP contribution in [0.2, 0.25) is 0 Å². The summed E-state index contributed by atoms with van der Waals surface area (Å²) in [5.41, 5.74) is 9.24. The highest BCUT2D eigenvalue weighted by Gasteiger charge is 2.16. The Morgan fingerprint density at radius 1 is 1.11 bits per heavy atom. The van der Waals surface area contributed by atoms with E-state index in [9.17, 15) is 4.79 Å². The fourth-order valence-electron chi connectivity index (χ4n) is 1.79. The van der Waals surface area contributed by atoms with Crippen molar-refractivity contribution in [3.63, 3.8) is 0 Å². The summed E-state index contributed by atoms with van der Waals surface area (Å²) in [6, 6.07) is 4.12. The van der Waals surface area contributed by atoms with Crippen LogP contribution in [0, 0.1) is 20.8 Å². The number of carbonyl (C=O) groups excluding carboxylic acids is 1. The van der Waals surface area contributed by atoms with Crippen molar-refractivity contribution in [1.82, 2.24) is 5.43 Å². The number of benzene rings is 1. The molecule has 18 heavy (non-hydrogen) atoms. The van der Waals surface area contributed by atoms with Crippen LogP contribution in [0.1, 0.15) is 37.5 Å². The number of hydrogen-bond donors (Lipinski definition) is 2. The van der Waals surface area contributed by atoms with Crippen LogP contribution in [-0.2, 0) is 4.74 Å². The second-order valence-electron chi connectivity index (χ2n) is 5.53. The van der Waals surface area contributed by atoms with Crippen molar-refractivity contribution in [2.75, 3.05) is 5.43 Å². The van der Waals surface area contributed by atoms with E-state index >= 15 is 0 Å². The number of anilines is 1. The Hall–Kier alpha value is -1.71. The lowest BCUT2D eigenvalue weighted by molar-refractivity contribution is 0.0541. The minimum Gasteiger partial charge on any atom is -0.443 e. The Bertz CT molecular complexity index is 425. The van der Waals surface area contributed by atoms with Crippen LogP contribution >= 0.6 is 0 Å². The smallest absolute Gasteiger partial charge is 0.426 e. The Labute approximate surface area is 109 Å². The third-order valence-electron chi connectivity index (χ3n) is 2.37. The number of hydrazine groups is 1. The van der Waals surface area contributed by atoms with Gasteiger partial charge < -0.3 is 4.74 Å². The summed E-state index contributed by atoms with van der Waals surface area (Å²) in [6.07, 6.45) is -0.484. The molecular formula is C14H22N2O2. The summed E-state index contributed by atoms with van der Waals surface area (Å²) in [5, 5.41) is 0.